The van der Waals surface area contributed by atoms with Crippen LogP contribution in [0.1, 0.15) is 23.6 Å². The molecule has 3 aromatic carbocycles. The number of amides is 1. The highest BCUT2D eigenvalue weighted by molar-refractivity contribution is 7.92. The van der Waals surface area contributed by atoms with Crippen molar-refractivity contribution < 1.29 is 31.1 Å². The zero-order valence-corrected chi connectivity index (χ0v) is 19.4. The van der Waals surface area contributed by atoms with E-state index < -0.39 is 33.8 Å². The Morgan fingerprint density at radius 3 is 2.24 bits per heavy atom. The summed E-state index contributed by atoms with van der Waals surface area (Å²) in [6.45, 7) is 5.42. The molecule has 0 saturated carbocycles. The topological polar surface area (TPSA) is 84.5 Å². The highest BCUT2D eigenvalue weighted by atomic mass is 32.2. The van der Waals surface area contributed by atoms with Crippen molar-refractivity contribution >= 4 is 27.3 Å². The lowest BCUT2D eigenvalue weighted by Crippen LogP contribution is -2.30. The molecule has 0 spiro atoms. The van der Waals surface area contributed by atoms with Crippen molar-refractivity contribution in [3.8, 4) is 5.75 Å². The zero-order chi connectivity index (χ0) is 25.1. The zero-order valence-electron chi connectivity index (χ0n) is 18.6. The molecule has 0 aliphatic rings. The lowest BCUT2D eigenvalue weighted by molar-refractivity contribution is -0.137. The van der Waals surface area contributed by atoms with Gasteiger partial charge in [0, 0.05) is 11.4 Å². The minimum absolute atomic E-state index is 0.178. The van der Waals surface area contributed by atoms with Gasteiger partial charge >= 0.3 is 6.18 Å². The molecular weight excluding hydrogens is 469 g/mol. The van der Waals surface area contributed by atoms with Crippen LogP contribution in [-0.4, -0.2) is 20.4 Å². The van der Waals surface area contributed by atoms with Crippen LogP contribution >= 0.6 is 0 Å². The number of ether oxygens (including phenoxy) is 1. The number of benzene rings is 3. The minimum atomic E-state index is -4.60. The maximum absolute atomic E-state index is 12.9. The second-order valence-electron chi connectivity index (χ2n) is 7.66. The maximum Gasteiger partial charge on any atom is 0.416 e. The molecule has 0 fully saturated rings. The van der Waals surface area contributed by atoms with Crippen LogP contribution in [0.15, 0.2) is 71.6 Å². The van der Waals surface area contributed by atoms with Crippen molar-refractivity contribution in [3.05, 3.63) is 83.4 Å². The number of nitrogens with one attached hydrogen (secondary N) is 2. The number of hydrogen-bond acceptors (Lipinski definition) is 4. The van der Waals surface area contributed by atoms with Gasteiger partial charge in [-0.3, -0.25) is 9.52 Å². The van der Waals surface area contributed by atoms with Crippen LogP contribution < -0.4 is 14.8 Å². The Balaban J connectivity index is 1.67. The fourth-order valence-corrected chi connectivity index (χ4v) is 4.08. The number of carbonyl (C=O) groups excluding carboxylic acids is 1. The highest BCUT2D eigenvalue weighted by Gasteiger charge is 2.30. The quantitative estimate of drug-likeness (QED) is 0.454. The molecule has 2 N–H and O–H groups in total. The second kappa shape index (κ2) is 9.76. The summed E-state index contributed by atoms with van der Waals surface area (Å²) in [5.74, 6) is 0.156. The Kier molecular flexibility index (Phi) is 7.21. The first-order chi connectivity index (χ1) is 15.9. The van der Waals surface area contributed by atoms with Gasteiger partial charge in [-0.15, -0.1) is 0 Å². The summed E-state index contributed by atoms with van der Waals surface area (Å²) in [5.41, 5.74) is 1.10. The van der Waals surface area contributed by atoms with Crippen LogP contribution in [0.4, 0.5) is 24.5 Å². The molecule has 3 aromatic rings. The Bertz CT molecular complexity index is 1290. The molecule has 0 aliphatic heterocycles. The van der Waals surface area contributed by atoms with E-state index in [9.17, 15) is 26.4 Å². The van der Waals surface area contributed by atoms with Gasteiger partial charge in [0.2, 0.25) is 0 Å². The molecule has 3 rings (SSSR count). The smallest absolute Gasteiger partial charge is 0.416 e. The van der Waals surface area contributed by atoms with Gasteiger partial charge in [-0.1, -0.05) is 18.2 Å². The van der Waals surface area contributed by atoms with Gasteiger partial charge in [0.15, 0.2) is 6.10 Å². The fraction of sp³-hybridized carbons (Fsp3) is 0.208. The van der Waals surface area contributed by atoms with Crippen molar-refractivity contribution in [1.82, 2.24) is 0 Å². The lowest BCUT2D eigenvalue weighted by atomic mass is 10.1. The monoisotopic (exact) mass is 492 g/mol. The fourth-order valence-electron chi connectivity index (χ4n) is 3.03. The Labute approximate surface area is 195 Å². The summed E-state index contributed by atoms with van der Waals surface area (Å²) in [4.78, 5) is 12.3. The summed E-state index contributed by atoms with van der Waals surface area (Å²) < 4.78 is 71.6. The predicted molar refractivity (Wildman–Crippen MR) is 123 cm³/mol. The standard InChI is InChI=1S/C24H23F3N2O4S/c1-15-6-4-9-22(16(15)2)33-17(3)23(30)28-19-10-12-21(13-11-19)34(31,32)29-20-8-5-7-18(14-20)24(25,26)27/h4-14,17,29H,1-3H3,(H,28,30)/t17-/m0/s1. The van der Waals surface area contributed by atoms with Crippen molar-refractivity contribution in [2.24, 2.45) is 0 Å². The molecule has 10 heteroatoms. The van der Waals surface area contributed by atoms with Crippen molar-refractivity contribution in [1.29, 1.82) is 0 Å². The van der Waals surface area contributed by atoms with Gasteiger partial charge in [-0.05, 0) is 80.4 Å². The summed E-state index contributed by atoms with van der Waals surface area (Å²) in [6, 6.07) is 14.7. The van der Waals surface area contributed by atoms with Gasteiger partial charge in [0.1, 0.15) is 5.75 Å². The molecule has 0 bridgehead atoms. The van der Waals surface area contributed by atoms with Crippen molar-refractivity contribution in [2.75, 3.05) is 10.0 Å². The highest BCUT2D eigenvalue weighted by Crippen LogP contribution is 2.31. The van der Waals surface area contributed by atoms with E-state index in [1.54, 1.807) is 13.0 Å². The minimum Gasteiger partial charge on any atom is -0.481 e. The summed E-state index contributed by atoms with van der Waals surface area (Å²) in [7, 11) is -4.14. The molecule has 1 atom stereocenters. The van der Waals surface area contributed by atoms with E-state index in [4.69, 9.17) is 4.74 Å². The SMILES string of the molecule is Cc1cccc(O[C@@H](C)C(=O)Nc2ccc(S(=O)(=O)Nc3cccc(C(F)(F)F)c3)cc2)c1C. The van der Waals surface area contributed by atoms with Crippen molar-refractivity contribution in [3.63, 3.8) is 0 Å². The van der Waals surface area contributed by atoms with Crippen LogP contribution in [0.5, 0.6) is 5.75 Å². The van der Waals surface area contributed by atoms with Crippen molar-refractivity contribution in [2.45, 2.75) is 37.9 Å². The molecule has 0 radical (unpaired) electrons. The first kappa shape index (κ1) is 25.1. The van der Waals surface area contributed by atoms with Crippen LogP contribution in [0.3, 0.4) is 0 Å². The summed E-state index contributed by atoms with van der Waals surface area (Å²) >= 11 is 0. The van der Waals surface area contributed by atoms with Gasteiger partial charge < -0.3 is 10.1 Å². The average molecular weight is 493 g/mol. The van der Waals surface area contributed by atoms with Crippen LogP contribution in [0.25, 0.3) is 0 Å². The van der Waals surface area contributed by atoms with Gasteiger partial charge in [-0.25, -0.2) is 8.42 Å². The Morgan fingerprint density at radius 2 is 1.59 bits per heavy atom. The number of carbonyl (C=O) groups is 1. The first-order valence-corrected chi connectivity index (χ1v) is 11.7. The average Bonchev–Trinajstić information content (AvgIpc) is 2.76. The molecule has 0 unspecified atom stereocenters. The number of alkyl halides is 3. The lowest BCUT2D eigenvalue weighted by Gasteiger charge is -2.17. The molecule has 0 heterocycles. The van der Waals surface area contributed by atoms with E-state index in [-0.39, 0.29) is 10.6 Å². The Hall–Kier alpha value is -3.53. The van der Waals surface area contributed by atoms with E-state index in [2.05, 4.69) is 10.0 Å². The van der Waals surface area contributed by atoms with E-state index in [0.29, 0.717) is 17.5 Å². The van der Waals surface area contributed by atoms with Gasteiger partial charge in [0.25, 0.3) is 15.9 Å². The number of halogens is 3. The normalized spacial score (nSPS) is 12.6. The number of rotatable bonds is 7. The molecule has 0 aromatic heterocycles. The van der Waals surface area contributed by atoms with Gasteiger partial charge in [-0.2, -0.15) is 13.2 Å². The number of sulfonamides is 1. The number of hydrogen-bond donors (Lipinski definition) is 2. The molecule has 6 nitrogen and oxygen atoms in total. The summed E-state index contributed by atoms with van der Waals surface area (Å²) in [6.07, 6.45) is -5.41. The molecule has 1 amide bonds. The maximum atomic E-state index is 12.9. The third kappa shape index (κ3) is 6.07. The first-order valence-electron chi connectivity index (χ1n) is 10.2. The number of aryl methyl sites for hydroxylation is 1. The van der Waals surface area contributed by atoms with Gasteiger partial charge in [0.05, 0.1) is 10.5 Å². The molecule has 0 aliphatic carbocycles. The Morgan fingerprint density at radius 1 is 0.941 bits per heavy atom. The largest absolute Gasteiger partial charge is 0.481 e. The van der Waals surface area contributed by atoms with Crippen LogP contribution in [-0.2, 0) is 21.0 Å². The molecule has 180 valence electrons. The number of anilines is 2. The van der Waals surface area contributed by atoms with Crippen LogP contribution in [0, 0.1) is 13.8 Å². The molecule has 34 heavy (non-hydrogen) atoms. The van der Waals surface area contributed by atoms with E-state index in [1.165, 1.54) is 30.3 Å². The van der Waals surface area contributed by atoms with E-state index in [1.807, 2.05) is 26.0 Å². The molecular formula is C24H23F3N2O4S. The summed E-state index contributed by atoms with van der Waals surface area (Å²) in [5, 5.41) is 2.64. The van der Waals surface area contributed by atoms with Crippen LogP contribution in [0.2, 0.25) is 0 Å². The van der Waals surface area contributed by atoms with E-state index >= 15 is 0 Å². The molecule has 0 saturated heterocycles. The third-order valence-electron chi connectivity index (χ3n) is 5.10. The second-order valence-corrected chi connectivity index (χ2v) is 9.34. The van der Waals surface area contributed by atoms with E-state index in [0.717, 1.165) is 23.3 Å². The third-order valence-corrected chi connectivity index (χ3v) is 6.50. The predicted octanol–water partition coefficient (Wildman–Crippen LogP) is 5.53.